The Hall–Kier alpha value is 0.130. The molecule has 0 atom stereocenters. The van der Waals surface area contributed by atoms with Crippen molar-refractivity contribution >= 4 is 49.2 Å². The van der Waals surface area contributed by atoms with Crippen LogP contribution in [0.2, 0.25) is 0 Å². The molecule has 2 nitrogen and oxygen atoms in total. The fraction of sp³-hybridized carbons (Fsp3) is 0.615. The van der Waals surface area contributed by atoms with Crippen molar-refractivity contribution in [3.8, 4) is 0 Å². The first kappa shape index (κ1) is 14.5. The Kier molecular flexibility index (Phi) is 4.89. The average molecular weight is 396 g/mol. The lowest BCUT2D eigenvalue weighted by Crippen LogP contribution is -2.21. The highest BCUT2D eigenvalue weighted by atomic mass is 79.9. The van der Waals surface area contributed by atoms with E-state index in [1.807, 2.05) is 0 Å². The van der Waals surface area contributed by atoms with Gasteiger partial charge >= 0.3 is 5.97 Å². The summed E-state index contributed by atoms with van der Waals surface area (Å²) in [6, 6.07) is 0. The van der Waals surface area contributed by atoms with E-state index in [-0.39, 0.29) is 5.41 Å². The van der Waals surface area contributed by atoms with Gasteiger partial charge in [-0.2, -0.15) is 0 Å². The van der Waals surface area contributed by atoms with Gasteiger partial charge in [0.1, 0.15) is 0 Å². The van der Waals surface area contributed by atoms with Crippen molar-refractivity contribution in [2.75, 3.05) is 0 Å². The number of halogens is 2. The van der Waals surface area contributed by atoms with Crippen molar-refractivity contribution in [1.29, 1.82) is 0 Å². The number of carbonyl (C=O) groups is 1. The Balaban J connectivity index is 2.02. The van der Waals surface area contributed by atoms with Crippen LogP contribution in [0.4, 0.5) is 0 Å². The number of thiophene rings is 1. The third-order valence-electron chi connectivity index (χ3n) is 3.83. The van der Waals surface area contributed by atoms with Gasteiger partial charge in [0.2, 0.25) is 0 Å². The molecule has 1 aliphatic carbocycles. The molecule has 18 heavy (non-hydrogen) atoms. The molecule has 1 aromatic heterocycles. The first-order valence-corrected chi connectivity index (χ1v) is 8.62. The molecule has 0 spiro atoms. The molecular weight excluding hydrogens is 380 g/mol. The van der Waals surface area contributed by atoms with Gasteiger partial charge in [-0.15, -0.1) is 11.3 Å². The van der Waals surface area contributed by atoms with Gasteiger partial charge in [-0.25, -0.2) is 0 Å². The smallest absolute Gasteiger partial charge is 0.303 e. The molecular formula is C13H16Br2O2S. The highest BCUT2D eigenvalue weighted by Gasteiger charge is 2.35. The van der Waals surface area contributed by atoms with Gasteiger partial charge in [-0.05, 0) is 63.0 Å². The standard InChI is InChI=1S/C13H16Br2O2S/c14-9-8-18-10(12(9)15)3-6-13(7-11(16)17)4-1-2-5-13/h8H,1-7H2,(H,16,17). The number of hydrogen-bond acceptors (Lipinski definition) is 2. The maximum Gasteiger partial charge on any atom is 0.303 e. The Morgan fingerprint density at radius 1 is 1.39 bits per heavy atom. The number of rotatable bonds is 5. The summed E-state index contributed by atoms with van der Waals surface area (Å²) >= 11 is 8.80. The van der Waals surface area contributed by atoms with Crippen LogP contribution in [-0.4, -0.2) is 11.1 Å². The highest BCUT2D eigenvalue weighted by Crippen LogP contribution is 2.46. The van der Waals surface area contributed by atoms with E-state index in [0.29, 0.717) is 6.42 Å². The summed E-state index contributed by atoms with van der Waals surface area (Å²) in [4.78, 5) is 12.3. The fourth-order valence-electron chi connectivity index (χ4n) is 2.87. The van der Waals surface area contributed by atoms with E-state index in [1.54, 1.807) is 11.3 Å². The van der Waals surface area contributed by atoms with Gasteiger partial charge in [0, 0.05) is 19.2 Å². The molecule has 2 rings (SSSR count). The largest absolute Gasteiger partial charge is 0.481 e. The van der Waals surface area contributed by atoms with E-state index in [2.05, 4.69) is 37.2 Å². The van der Waals surface area contributed by atoms with E-state index >= 15 is 0 Å². The minimum atomic E-state index is -0.650. The van der Waals surface area contributed by atoms with Crippen LogP contribution in [0.25, 0.3) is 0 Å². The molecule has 0 radical (unpaired) electrons. The van der Waals surface area contributed by atoms with Crippen molar-refractivity contribution in [3.05, 3.63) is 19.2 Å². The summed E-state index contributed by atoms with van der Waals surface area (Å²) < 4.78 is 2.23. The molecule has 0 bridgehead atoms. The normalized spacial score (nSPS) is 18.1. The predicted octanol–water partition coefficient (Wildman–Crippen LogP) is 5.24. The predicted molar refractivity (Wildman–Crippen MR) is 81.2 cm³/mol. The molecule has 0 aromatic carbocycles. The second-order valence-electron chi connectivity index (χ2n) is 5.10. The van der Waals surface area contributed by atoms with Gasteiger partial charge in [-0.3, -0.25) is 4.79 Å². The van der Waals surface area contributed by atoms with E-state index in [9.17, 15) is 4.79 Å². The monoisotopic (exact) mass is 394 g/mol. The Morgan fingerprint density at radius 2 is 2.06 bits per heavy atom. The fourth-order valence-corrected chi connectivity index (χ4v) is 5.06. The molecule has 1 aromatic rings. The molecule has 1 saturated carbocycles. The Bertz CT molecular complexity index is 436. The number of hydrogen-bond donors (Lipinski definition) is 1. The van der Waals surface area contributed by atoms with Crippen LogP contribution in [0, 0.1) is 5.41 Å². The zero-order valence-electron chi connectivity index (χ0n) is 10.0. The summed E-state index contributed by atoms with van der Waals surface area (Å²) in [5.74, 6) is -0.650. The van der Waals surface area contributed by atoms with Crippen LogP contribution in [0.15, 0.2) is 14.3 Å². The lowest BCUT2D eigenvalue weighted by molar-refractivity contribution is -0.139. The van der Waals surface area contributed by atoms with E-state index in [1.165, 1.54) is 17.7 Å². The Labute approximate surface area is 128 Å². The zero-order chi connectivity index (χ0) is 13.2. The van der Waals surface area contributed by atoms with Gasteiger partial charge in [-0.1, -0.05) is 12.8 Å². The molecule has 1 fully saturated rings. The van der Waals surface area contributed by atoms with Crippen molar-refractivity contribution in [2.24, 2.45) is 5.41 Å². The van der Waals surface area contributed by atoms with Gasteiger partial charge in [0.05, 0.1) is 6.42 Å². The first-order valence-electron chi connectivity index (χ1n) is 6.16. The molecule has 0 unspecified atom stereocenters. The first-order chi connectivity index (χ1) is 8.52. The maximum atomic E-state index is 11.0. The maximum absolute atomic E-state index is 11.0. The Morgan fingerprint density at radius 3 is 2.56 bits per heavy atom. The van der Waals surface area contributed by atoms with Crippen LogP contribution in [0.1, 0.15) is 43.4 Å². The third-order valence-corrected chi connectivity index (χ3v) is 7.51. The molecule has 0 amide bonds. The van der Waals surface area contributed by atoms with Gasteiger partial charge in [0.25, 0.3) is 0 Å². The topological polar surface area (TPSA) is 37.3 Å². The molecule has 0 aliphatic heterocycles. The van der Waals surface area contributed by atoms with Crippen LogP contribution in [0.3, 0.4) is 0 Å². The van der Waals surface area contributed by atoms with E-state index in [0.717, 1.165) is 34.6 Å². The molecule has 5 heteroatoms. The molecule has 1 N–H and O–H groups in total. The second-order valence-corrected chi connectivity index (χ2v) is 7.71. The van der Waals surface area contributed by atoms with Crippen molar-refractivity contribution in [3.63, 3.8) is 0 Å². The van der Waals surface area contributed by atoms with Gasteiger partial charge < -0.3 is 5.11 Å². The molecule has 1 aliphatic rings. The van der Waals surface area contributed by atoms with Crippen LogP contribution in [-0.2, 0) is 11.2 Å². The van der Waals surface area contributed by atoms with Crippen molar-refractivity contribution < 1.29 is 9.90 Å². The summed E-state index contributed by atoms with van der Waals surface area (Å²) in [5.41, 5.74) is 0.0434. The van der Waals surface area contributed by atoms with Crippen LogP contribution >= 0.6 is 43.2 Å². The van der Waals surface area contributed by atoms with Crippen LogP contribution in [0.5, 0.6) is 0 Å². The SMILES string of the molecule is O=C(O)CC1(CCc2scc(Br)c2Br)CCCC1. The molecule has 1 heterocycles. The van der Waals surface area contributed by atoms with E-state index in [4.69, 9.17) is 5.11 Å². The average Bonchev–Trinajstić information content (AvgIpc) is 2.87. The summed E-state index contributed by atoms with van der Waals surface area (Å²) in [5, 5.41) is 11.2. The van der Waals surface area contributed by atoms with Gasteiger partial charge in [0.15, 0.2) is 0 Å². The number of aryl methyl sites for hydroxylation is 1. The number of carboxylic acid groups (broad SMARTS) is 1. The quantitative estimate of drug-likeness (QED) is 0.739. The van der Waals surface area contributed by atoms with Crippen LogP contribution < -0.4 is 0 Å². The lowest BCUT2D eigenvalue weighted by atomic mass is 9.78. The zero-order valence-corrected chi connectivity index (χ0v) is 14.0. The van der Waals surface area contributed by atoms with Crippen molar-refractivity contribution in [1.82, 2.24) is 0 Å². The number of aliphatic carboxylic acids is 1. The lowest BCUT2D eigenvalue weighted by Gasteiger charge is -2.26. The van der Waals surface area contributed by atoms with E-state index < -0.39 is 5.97 Å². The second kappa shape index (κ2) is 6.06. The summed E-state index contributed by atoms with van der Waals surface area (Å²) in [6.45, 7) is 0. The molecule has 100 valence electrons. The third kappa shape index (κ3) is 3.36. The molecule has 0 saturated heterocycles. The van der Waals surface area contributed by atoms with Crippen molar-refractivity contribution in [2.45, 2.75) is 44.9 Å². The summed E-state index contributed by atoms with van der Waals surface area (Å²) in [7, 11) is 0. The summed E-state index contributed by atoms with van der Waals surface area (Å²) in [6.07, 6.45) is 6.81. The minimum absolute atomic E-state index is 0.0434. The highest BCUT2D eigenvalue weighted by molar-refractivity contribution is 9.13. The number of carboxylic acids is 1. The minimum Gasteiger partial charge on any atom is -0.481 e.